The number of anilines is 2. The molecule has 2 atom stereocenters. The Morgan fingerprint density at radius 2 is 1.98 bits per heavy atom. The third-order valence-electron chi connectivity index (χ3n) is 8.90. The highest BCUT2D eigenvalue weighted by Gasteiger charge is 2.48. The van der Waals surface area contributed by atoms with Gasteiger partial charge in [-0.1, -0.05) is 18.2 Å². The number of pyridine rings is 2. The van der Waals surface area contributed by atoms with Gasteiger partial charge in [-0.3, -0.25) is 14.2 Å². The maximum Gasteiger partial charge on any atom is 0.247 e. The van der Waals surface area contributed by atoms with Crippen molar-refractivity contribution in [2.75, 3.05) is 51.2 Å². The Balaban J connectivity index is 1.36. The maximum absolute atomic E-state index is 12.6. The second-order valence-corrected chi connectivity index (χ2v) is 12.4. The van der Waals surface area contributed by atoms with Gasteiger partial charge in [0.1, 0.15) is 17.2 Å². The molecule has 4 heterocycles. The summed E-state index contributed by atoms with van der Waals surface area (Å²) in [7, 11) is 4.79. The standard InChI is InChI=1S/C34H33Cl2N5O5/c1-5-29(42)39-23-13-20(26(43-2)15-25(23)40-10-11-46-34(18-40)6-7-34)22-14-24-19(17-38-22)12-21(33-37-8-9-41(24)33)30-31(35)27(44-3)16-28(45-4)32(30)36/h5,8-9,12-17,27,31H,1,6-7,10-11,18H2,2-4H3,(H,39,42). The molecule has 3 aromatic heterocycles. The van der Waals surface area contributed by atoms with Crippen molar-refractivity contribution in [2.45, 2.75) is 29.9 Å². The molecule has 0 radical (unpaired) electrons. The number of rotatable bonds is 8. The molecule has 1 amide bonds. The van der Waals surface area contributed by atoms with E-state index in [1.165, 1.54) is 6.08 Å². The number of alkyl halides is 1. The quantitative estimate of drug-likeness (QED) is 0.177. The Labute approximate surface area is 276 Å². The second kappa shape index (κ2) is 11.9. The summed E-state index contributed by atoms with van der Waals surface area (Å²) < 4.78 is 25.1. The fraction of sp³-hybridized carbons (Fsp3) is 0.324. The van der Waals surface area contributed by atoms with E-state index < -0.39 is 11.5 Å². The normalized spacial score (nSPS) is 20.6. The van der Waals surface area contributed by atoms with Crippen LogP contribution in [0.1, 0.15) is 18.4 Å². The Morgan fingerprint density at radius 1 is 1.15 bits per heavy atom. The van der Waals surface area contributed by atoms with Crippen LogP contribution < -0.4 is 15.0 Å². The van der Waals surface area contributed by atoms with Gasteiger partial charge in [0.15, 0.2) is 0 Å². The average molecular weight is 663 g/mol. The van der Waals surface area contributed by atoms with Crippen molar-refractivity contribution in [1.82, 2.24) is 14.4 Å². The van der Waals surface area contributed by atoms with Crippen molar-refractivity contribution in [3.05, 3.63) is 77.9 Å². The van der Waals surface area contributed by atoms with E-state index in [0.29, 0.717) is 52.3 Å². The number of fused-ring (bicyclic) bond motifs is 3. The largest absolute Gasteiger partial charge is 0.496 e. The van der Waals surface area contributed by atoms with Crippen LogP contribution in [0.15, 0.2) is 72.4 Å². The molecule has 1 saturated heterocycles. The minimum Gasteiger partial charge on any atom is -0.496 e. The number of hydrogen-bond donors (Lipinski definition) is 1. The van der Waals surface area contributed by atoms with Gasteiger partial charge in [0.2, 0.25) is 5.91 Å². The smallest absolute Gasteiger partial charge is 0.247 e. The summed E-state index contributed by atoms with van der Waals surface area (Å²) in [6.07, 6.45) is 10.1. The van der Waals surface area contributed by atoms with Crippen LogP contribution in [-0.2, 0) is 19.0 Å². The van der Waals surface area contributed by atoms with Crippen molar-refractivity contribution >= 4 is 62.6 Å². The summed E-state index contributed by atoms with van der Waals surface area (Å²) in [5.41, 5.74) is 5.70. The van der Waals surface area contributed by atoms with Crippen LogP contribution in [0, 0.1) is 0 Å². The molecule has 1 saturated carbocycles. The lowest BCUT2D eigenvalue weighted by molar-refractivity contribution is -0.111. The van der Waals surface area contributed by atoms with Gasteiger partial charge < -0.3 is 29.2 Å². The highest BCUT2D eigenvalue weighted by atomic mass is 35.5. The third kappa shape index (κ3) is 5.19. The van der Waals surface area contributed by atoms with Crippen molar-refractivity contribution in [3.8, 4) is 17.0 Å². The highest BCUT2D eigenvalue weighted by molar-refractivity contribution is 6.39. The third-order valence-corrected chi connectivity index (χ3v) is 9.76. The van der Waals surface area contributed by atoms with Crippen molar-refractivity contribution in [3.63, 3.8) is 0 Å². The first-order valence-electron chi connectivity index (χ1n) is 14.9. The Morgan fingerprint density at radius 3 is 2.70 bits per heavy atom. The monoisotopic (exact) mass is 661 g/mol. The number of imidazole rings is 1. The molecule has 2 aliphatic carbocycles. The summed E-state index contributed by atoms with van der Waals surface area (Å²) in [4.78, 5) is 24.4. The van der Waals surface area contributed by atoms with Gasteiger partial charge in [-0.2, -0.15) is 0 Å². The number of morpholine rings is 1. The van der Waals surface area contributed by atoms with E-state index in [4.69, 9.17) is 47.1 Å². The minimum absolute atomic E-state index is 0.105. The van der Waals surface area contributed by atoms with E-state index in [1.807, 2.05) is 34.9 Å². The molecular formula is C34H33Cl2N5O5. The molecule has 1 aromatic carbocycles. The van der Waals surface area contributed by atoms with Crippen LogP contribution in [0.25, 0.3) is 33.4 Å². The molecule has 2 unspecified atom stereocenters. The van der Waals surface area contributed by atoms with Gasteiger partial charge >= 0.3 is 0 Å². The first-order valence-corrected chi connectivity index (χ1v) is 15.7. The number of aromatic nitrogens is 3. The van der Waals surface area contributed by atoms with Crippen LogP contribution in [0.2, 0.25) is 0 Å². The fourth-order valence-electron chi connectivity index (χ4n) is 6.35. The molecule has 4 aromatic rings. The molecule has 12 heteroatoms. The first-order chi connectivity index (χ1) is 22.3. The summed E-state index contributed by atoms with van der Waals surface area (Å²) in [5, 5.41) is 3.67. The van der Waals surface area contributed by atoms with E-state index >= 15 is 0 Å². The molecule has 1 spiro atoms. The summed E-state index contributed by atoms with van der Waals surface area (Å²) >= 11 is 13.8. The molecular weight excluding hydrogens is 629 g/mol. The second-order valence-electron chi connectivity index (χ2n) is 11.6. The van der Waals surface area contributed by atoms with Gasteiger partial charge in [-0.05, 0) is 43.2 Å². The zero-order valence-electron chi connectivity index (χ0n) is 25.7. The van der Waals surface area contributed by atoms with Crippen LogP contribution in [0.4, 0.5) is 11.4 Å². The summed E-state index contributed by atoms with van der Waals surface area (Å²) in [5.74, 6) is 0.807. The van der Waals surface area contributed by atoms with Crippen molar-refractivity contribution in [2.24, 2.45) is 0 Å². The lowest BCUT2D eigenvalue weighted by Crippen LogP contribution is -2.44. The van der Waals surface area contributed by atoms with E-state index in [2.05, 4.69) is 21.8 Å². The number of nitrogens with zero attached hydrogens (tertiary/aromatic N) is 4. The molecule has 0 bridgehead atoms. The zero-order chi connectivity index (χ0) is 32.2. The highest BCUT2D eigenvalue weighted by Crippen LogP contribution is 2.46. The molecule has 7 rings (SSSR count). The number of carbonyl (C=O) groups excluding carboxylic acids is 1. The molecule has 1 N–H and O–H groups in total. The van der Waals surface area contributed by atoms with Crippen LogP contribution in [0.3, 0.4) is 0 Å². The molecule has 1 aliphatic heterocycles. The van der Waals surface area contributed by atoms with Gasteiger partial charge in [-0.25, -0.2) is 4.98 Å². The number of ether oxygens (including phenoxy) is 4. The van der Waals surface area contributed by atoms with E-state index in [9.17, 15) is 4.79 Å². The molecule has 3 aliphatic rings. The topological polar surface area (TPSA) is 99.5 Å². The summed E-state index contributed by atoms with van der Waals surface area (Å²) in [6.45, 7) is 5.71. The van der Waals surface area contributed by atoms with Gasteiger partial charge in [0, 0.05) is 66.9 Å². The zero-order valence-corrected chi connectivity index (χ0v) is 27.2. The van der Waals surface area contributed by atoms with Gasteiger partial charge in [0.25, 0.3) is 0 Å². The van der Waals surface area contributed by atoms with Crippen molar-refractivity contribution < 1.29 is 23.7 Å². The van der Waals surface area contributed by atoms with Crippen LogP contribution in [0.5, 0.6) is 5.75 Å². The van der Waals surface area contributed by atoms with E-state index in [-0.39, 0.29) is 11.5 Å². The lowest BCUT2D eigenvalue weighted by Gasteiger charge is -2.36. The van der Waals surface area contributed by atoms with Crippen LogP contribution in [-0.4, -0.2) is 78.4 Å². The first kappa shape index (κ1) is 30.6. The number of carbonyl (C=O) groups is 1. The number of methoxy groups -OCH3 is 3. The maximum atomic E-state index is 12.6. The number of benzene rings is 1. The summed E-state index contributed by atoms with van der Waals surface area (Å²) in [6, 6.07) is 7.83. The number of allylic oxidation sites excluding steroid dienone is 1. The van der Waals surface area contributed by atoms with Gasteiger partial charge in [0.05, 0.1) is 65.5 Å². The Bertz CT molecular complexity index is 1950. The number of amides is 1. The predicted molar refractivity (Wildman–Crippen MR) is 180 cm³/mol. The number of halogens is 2. The molecule has 46 heavy (non-hydrogen) atoms. The minimum atomic E-state index is -0.574. The van der Waals surface area contributed by atoms with E-state index in [0.717, 1.165) is 47.1 Å². The molecule has 2 fully saturated rings. The number of nitrogens with one attached hydrogen (secondary N) is 1. The Kier molecular flexibility index (Phi) is 7.92. The van der Waals surface area contributed by atoms with Gasteiger partial charge in [-0.15, -0.1) is 11.6 Å². The lowest BCUT2D eigenvalue weighted by atomic mass is 9.93. The Hall–Kier alpha value is -4.09. The predicted octanol–water partition coefficient (Wildman–Crippen LogP) is 6.17. The fourth-order valence-corrected chi connectivity index (χ4v) is 7.17. The van der Waals surface area contributed by atoms with Crippen molar-refractivity contribution in [1.29, 1.82) is 0 Å². The SMILES string of the molecule is C=CC(=O)Nc1cc(-c2cc3c(cn2)cc(C2=C(Cl)C(OC)=CC(OC)C2Cl)c2nccn23)c(OC)cc1N1CCOC2(CC2)C1. The molecule has 10 nitrogen and oxygen atoms in total. The number of hydrogen-bond acceptors (Lipinski definition) is 8. The van der Waals surface area contributed by atoms with Crippen LogP contribution >= 0.6 is 23.2 Å². The van der Waals surface area contributed by atoms with E-state index in [1.54, 1.807) is 39.8 Å². The average Bonchev–Trinajstić information content (AvgIpc) is 3.61. The molecule has 238 valence electrons.